The van der Waals surface area contributed by atoms with E-state index < -0.39 is 5.97 Å². The Hall–Kier alpha value is -1.32. The molecule has 0 saturated carbocycles. The van der Waals surface area contributed by atoms with Crippen molar-refractivity contribution in [1.82, 2.24) is 9.44 Å². The monoisotopic (exact) mass is 309 g/mol. The van der Waals surface area contributed by atoms with Crippen LogP contribution in [0.2, 0.25) is 0 Å². The number of carboxylic acids is 1. The Bertz CT molecular complexity index is 279. The van der Waals surface area contributed by atoms with Crippen molar-refractivity contribution in [3.8, 4) is 0 Å². The van der Waals surface area contributed by atoms with Crippen LogP contribution in [0.15, 0.2) is 0 Å². The van der Waals surface area contributed by atoms with Crippen LogP contribution in [0.1, 0.15) is 39.0 Å². The Balaban J connectivity index is 0. The average molecular weight is 309 g/mol. The predicted molar refractivity (Wildman–Crippen MR) is 76.8 cm³/mol. The van der Waals surface area contributed by atoms with Gasteiger partial charge in [-0.15, -0.1) is 0 Å². The molecule has 0 rings (SSSR count). The molecule has 1 unspecified atom stereocenters. The Morgan fingerprint density at radius 1 is 1.35 bits per heavy atom. The summed E-state index contributed by atoms with van der Waals surface area (Å²) in [5.41, 5.74) is 5.32. The molecule has 0 aromatic heterocycles. The molecule has 0 aromatic carbocycles. The molecule has 0 aliphatic carbocycles. The van der Waals surface area contributed by atoms with Gasteiger partial charge in [0, 0.05) is 31.0 Å². The Morgan fingerprint density at radius 3 is 2.45 bits per heavy atom. The average Bonchev–Trinajstić information content (AvgIpc) is 2.37. The minimum atomic E-state index is -0.811. The molecule has 9 heteroatoms. The van der Waals surface area contributed by atoms with Crippen LogP contribution >= 0.6 is 12.1 Å². The SMILES string of the molecule is CC(CCC(=O)O)NSNC(=O)CCCCN.O=CO. The molecule has 0 aliphatic heterocycles. The van der Waals surface area contributed by atoms with Crippen molar-refractivity contribution < 1.29 is 24.6 Å². The van der Waals surface area contributed by atoms with Crippen molar-refractivity contribution in [2.24, 2.45) is 5.73 Å². The summed E-state index contributed by atoms with van der Waals surface area (Å²) in [5, 5.41) is 15.4. The zero-order valence-corrected chi connectivity index (χ0v) is 12.3. The van der Waals surface area contributed by atoms with E-state index in [2.05, 4.69) is 9.44 Å². The molecule has 1 amide bonds. The summed E-state index contributed by atoms with van der Waals surface area (Å²) >= 11 is 1.11. The summed E-state index contributed by atoms with van der Waals surface area (Å²) in [7, 11) is 0. The van der Waals surface area contributed by atoms with E-state index in [0.717, 1.165) is 25.0 Å². The normalized spacial score (nSPS) is 10.9. The third kappa shape index (κ3) is 19.0. The molecule has 0 heterocycles. The van der Waals surface area contributed by atoms with Crippen molar-refractivity contribution in [1.29, 1.82) is 0 Å². The molecule has 0 radical (unpaired) electrons. The van der Waals surface area contributed by atoms with Gasteiger partial charge in [-0.2, -0.15) is 0 Å². The van der Waals surface area contributed by atoms with Gasteiger partial charge in [-0.3, -0.25) is 19.1 Å². The van der Waals surface area contributed by atoms with Crippen LogP contribution in [0.4, 0.5) is 0 Å². The summed E-state index contributed by atoms with van der Waals surface area (Å²) in [6.07, 6.45) is 2.76. The molecular formula is C11H23N3O5S. The summed E-state index contributed by atoms with van der Waals surface area (Å²) in [4.78, 5) is 29.9. The van der Waals surface area contributed by atoms with E-state index in [1.165, 1.54) is 0 Å². The Morgan fingerprint density at radius 2 is 1.95 bits per heavy atom. The second kappa shape index (κ2) is 15.7. The van der Waals surface area contributed by atoms with Gasteiger partial charge in [0.1, 0.15) is 0 Å². The number of carbonyl (C=O) groups is 3. The molecule has 1 atom stereocenters. The lowest BCUT2D eigenvalue weighted by Gasteiger charge is -2.11. The van der Waals surface area contributed by atoms with Crippen LogP contribution < -0.4 is 15.2 Å². The van der Waals surface area contributed by atoms with Crippen LogP contribution in [-0.2, 0) is 14.4 Å². The second-order valence-electron chi connectivity index (χ2n) is 3.93. The molecule has 0 saturated heterocycles. The fraction of sp³-hybridized carbons (Fsp3) is 0.727. The van der Waals surface area contributed by atoms with Gasteiger partial charge < -0.3 is 15.9 Å². The number of rotatable bonds is 10. The van der Waals surface area contributed by atoms with E-state index in [1.807, 2.05) is 6.92 Å². The lowest BCUT2D eigenvalue weighted by molar-refractivity contribution is -0.137. The van der Waals surface area contributed by atoms with Gasteiger partial charge in [0.15, 0.2) is 0 Å². The summed E-state index contributed by atoms with van der Waals surface area (Å²) in [5.74, 6) is -0.851. The molecule has 0 bridgehead atoms. The molecule has 8 nitrogen and oxygen atoms in total. The number of nitrogens with one attached hydrogen (secondary N) is 2. The van der Waals surface area contributed by atoms with Crippen molar-refractivity contribution >= 4 is 30.5 Å². The highest BCUT2D eigenvalue weighted by Gasteiger charge is 2.06. The fourth-order valence-corrected chi connectivity index (χ4v) is 1.66. The lowest BCUT2D eigenvalue weighted by atomic mass is 10.2. The number of aliphatic carboxylic acids is 1. The number of amides is 1. The van der Waals surface area contributed by atoms with Gasteiger partial charge in [0.05, 0.1) is 0 Å². The Labute approximate surface area is 122 Å². The van der Waals surface area contributed by atoms with Crippen molar-refractivity contribution in [3.63, 3.8) is 0 Å². The first-order chi connectivity index (χ1) is 9.47. The number of unbranched alkanes of at least 4 members (excludes halogenated alkanes) is 1. The van der Waals surface area contributed by atoms with E-state index in [4.69, 9.17) is 20.7 Å². The molecule has 0 aliphatic rings. The summed E-state index contributed by atoms with van der Waals surface area (Å²) < 4.78 is 5.59. The largest absolute Gasteiger partial charge is 0.483 e. The van der Waals surface area contributed by atoms with Gasteiger partial charge in [0.25, 0.3) is 6.47 Å². The zero-order valence-electron chi connectivity index (χ0n) is 11.5. The first kappa shape index (κ1) is 21.0. The summed E-state index contributed by atoms with van der Waals surface area (Å²) in [6.45, 7) is 2.22. The zero-order chi connectivity index (χ0) is 15.8. The first-order valence-electron chi connectivity index (χ1n) is 6.17. The van der Waals surface area contributed by atoms with E-state index in [0.29, 0.717) is 19.4 Å². The molecule has 118 valence electrons. The van der Waals surface area contributed by atoms with Gasteiger partial charge in [-0.25, -0.2) is 4.72 Å². The van der Waals surface area contributed by atoms with Crippen molar-refractivity contribution in [2.45, 2.75) is 45.1 Å². The summed E-state index contributed by atoms with van der Waals surface area (Å²) in [6, 6.07) is 0.0421. The quantitative estimate of drug-likeness (QED) is 0.221. The molecule has 0 fully saturated rings. The number of carboxylic acid groups (broad SMARTS) is 2. The van der Waals surface area contributed by atoms with Crippen LogP contribution in [0.25, 0.3) is 0 Å². The maximum atomic E-state index is 11.3. The molecule has 0 spiro atoms. The maximum absolute atomic E-state index is 11.3. The van der Waals surface area contributed by atoms with Crippen LogP contribution in [-0.4, -0.2) is 41.1 Å². The highest BCUT2D eigenvalue weighted by atomic mass is 32.2. The number of nitrogens with two attached hydrogens (primary N) is 1. The topological polar surface area (TPSA) is 142 Å². The van der Waals surface area contributed by atoms with Gasteiger partial charge >= 0.3 is 5.97 Å². The molecule has 6 N–H and O–H groups in total. The van der Waals surface area contributed by atoms with Crippen LogP contribution in [0, 0.1) is 0 Å². The van der Waals surface area contributed by atoms with Gasteiger partial charge in [-0.1, -0.05) is 0 Å². The Kier molecular flexibility index (Phi) is 16.5. The van der Waals surface area contributed by atoms with E-state index in [9.17, 15) is 9.59 Å². The van der Waals surface area contributed by atoms with E-state index in [-0.39, 0.29) is 24.8 Å². The second-order valence-corrected chi connectivity index (χ2v) is 4.57. The molecule has 20 heavy (non-hydrogen) atoms. The smallest absolute Gasteiger partial charge is 0.303 e. The molecule has 0 aromatic rings. The lowest BCUT2D eigenvalue weighted by Crippen LogP contribution is -2.27. The number of hydrogen-bond donors (Lipinski definition) is 5. The molecular weight excluding hydrogens is 286 g/mol. The standard InChI is InChI=1S/C10H21N3O3S.CH2O2/c1-8(5-6-10(15)16)12-17-13-9(14)4-2-3-7-11;2-1-3/h8,12H,2-7,11H2,1H3,(H,13,14)(H,15,16);1H,(H,2,3). The number of hydrogen-bond acceptors (Lipinski definition) is 6. The minimum Gasteiger partial charge on any atom is -0.483 e. The fourth-order valence-electron chi connectivity index (χ4n) is 1.07. The van der Waals surface area contributed by atoms with Crippen LogP contribution in [0.5, 0.6) is 0 Å². The van der Waals surface area contributed by atoms with Crippen molar-refractivity contribution in [2.75, 3.05) is 6.54 Å². The van der Waals surface area contributed by atoms with Crippen molar-refractivity contribution in [3.05, 3.63) is 0 Å². The van der Waals surface area contributed by atoms with Crippen LogP contribution in [0.3, 0.4) is 0 Å². The predicted octanol–water partition coefficient (Wildman–Crippen LogP) is 0.339. The third-order valence-corrected chi connectivity index (χ3v) is 2.92. The van der Waals surface area contributed by atoms with E-state index in [1.54, 1.807) is 0 Å². The maximum Gasteiger partial charge on any atom is 0.303 e. The highest BCUT2D eigenvalue weighted by molar-refractivity contribution is 7.96. The minimum absolute atomic E-state index is 0.0404. The highest BCUT2D eigenvalue weighted by Crippen LogP contribution is 2.01. The van der Waals surface area contributed by atoms with Gasteiger partial charge in [-0.05, 0) is 32.7 Å². The first-order valence-corrected chi connectivity index (χ1v) is 6.99. The van der Waals surface area contributed by atoms with Gasteiger partial charge in [0.2, 0.25) is 5.91 Å². The number of carbonyl (C=O) groups excluding carboxylic acids is 1. The van der Waals surface area contributed by atoms with E-state index >= 15 is 0 Å². The third-order valence-electron chi connectivity index (χ3n) is 2.07.